The Kier molecular flexibility index (Phi) is 7.53. The summed E-state index contributed by atoms with van der Waals surface area (Å²) in [6.07, 6.45) is 5.18. The van der Waals surface area contributed by atoms with E-state index < -0.39 is 0 Å². The van der Waals surface area contributed by atoms with Crippen LogP contribution in [0.4, 0.5) is 0 Å². The van der Waals surface area contributed by atoms with E-state index in [0.717, 1.165) is 35.1 Å². The van der Waals surface area contributed by atoms with E-state index in [1.165, 1.54) is 18.0 Å². The van der Waals surface area contributed by atoms with E-state index in [-0.39, 0.29) is 17.1 Å². The zero-order chi connectivity index (χ0) is 22.7. The molecule has 5 N–H and O–H groups in total. The van der Waals surface area contributed by atoms with Crippen LogP contribution in [0.5, 0.6) is 0 Å². The lowest BCUT2D eigenvalue weighted by Crippen LogP contribution is -2.62. The van der Waals surface area contributed by atoms with E-state index in [9.17, 15) is 0 Å². The van der Waals surface area contributed by atoms with Crippen molar-refractivity contribution in [1.29, 1.82) is 10.8 Å². The van der Waals surface area contributed by atoms with Crippen LogP contribution in [0.1, 0.15) is 57.2 Å². The Morgan fingerprint density at radius 2 is 1.83 bits per heavy atom. The molecule has 0 amide bonds. The highest BCUT2D eigenvalue weighted by Crippen LogP contribution is 2.32. The van der Waals surface area contributed by atoms with E-state index in [0.29, 0.717) is 10.2 Å². The van der Waals surface area contributed by atoms with Gasteiger partial charge < -0.3 is 16.0 Å². The summed E-state index contributed by atoms with van der Waals surface area (Å²) in [5.41, 5.74) is 9.36. The first-order valence-electron chi connectivity index (χ1n) is 10.2. The molecule has 1 aromatic rings. The molecule has 1 aromatic carbocycles. The van der Waals surface area contributed by atoms with Crippen LogP contribution in [0.3, 0.4) is 0 Å². The van der Waals surface area contributed by atoms with Gasteiger partial charge in [-0.15, -0.1) is 0 Å². The third-order valence-corrected chi connectivity index (χ3v) is 6.39. The second kappa shape index (κ2) is 9.35. The van der Waals surface area contributed by atoms with Gasteiger partial charge in [-0.25, -0.2) is 0 Å². The Bertz CT molecular complexity index is 852. The summed E-state index contributed by atoms with van der Waals surface area (Å²) in [5.74, 6) is 0. The summed E-state index contributed by atoms with van der Waals surface area (Å²) in [6.45, 7) is 10.8. The lowest BCUT2D eigenvalue weighted by Gasteiger charge is -2.49. The van der Waals surface area contributed by atoms with Gasteiger partial charge in [0.25, 0.3) is 0 Å². The lowest BCUT2D eigenvalue weighted by atomic mass is 9.79. The molecular formula is C23H36N6S. The van der Waals surface area contributed by atoms with E-state index in [2.05, 4.69) is 38.0 Å². The van der Waals surface area contributed by atoms with Crippen molar-refractivity contribution in [2.24, 2.45) is 10.7 Å². The van der Waals surface area contributed by atoms with Crippen molar-refractivity contribution in [3.05, 3.63) is 41.1 Å². The first-order chi connectivity index (χ1) is 13.9. The van der Waals surface area contributed by atoms with Crippen molar-refractivity contribution in [1.82, 2.24) is 10.2 Å². The van der Waals surface area contributed by atoms with Gasteiger partial charge >= 0.3 is 0 Å². The number of nitrogens with zero attached hydrogens (tertiary/aromatic N) is 2. The Balaban J connectivity index is 2.13. The largest absolute Gasteiger partial charge is 0.404 e. The van der Waals surface area contributed by atoms with Crippen molar-refractivity contribution in [3.63, 3.8) is 0 Å². The van der Waals surface area contributed by atoms with Gasteiger partial charge in [-0.05, 0) is 70.3 Å². The monoisotopic (exact) mass is 428 g/mol. The second-order valence-corrected chi connectivity index (χ2v) is 10.3. The summed E-state index contributed by atoms with van der Waals surface area (Å²) in [4.78, 5) is 6.06. The molecule has 1 heterocycles. The average Bonchev–Trinajstić information content (AvgIpc) is 2.62. The van der Waals surface area contributed by atoms with E-state index >= 15 is 0 Å². The third kappa shape index (κ3) is 5.95. The molecule has 164 valence electrons. The van der Waals surface area contributed by atoms with Crippen molar-refractivity contribution in [2.45, 2.75) is 64.6 Å². The standard InChI is InChI=1S/C23H36N6S/c1-15-10-16(17(13-24)14-27-6)8-9-19(15)20(25)30-21(26)29(7)18-11-22(2,3)28-23(4,5)12-18/h8-10,13-14,18,25-26,28H,11-12,24H2,1-7H3. The number of rotatable bonds is 4. The molecule has 0 spiro atoms. The Labute approximate surface area is 185 Å². The lowest BCUT2D eigenvalue weighted by molar-refractivity contribution is 0.114. The van der Waals surface area contributed by atoms with Crippen molar-refractivity contribution < 1.29 is 0 Å². The highest BCUT2D eigenvalue weighted by atomic mass is 32.2. The van der Waals surface area contributed by atoms with Gasteiger partial charge in [0.05, 0.1) is 0 Å². The number of aliphatic imine (C=N–C) groups is 1. The summed E-state index contributed by atoms with van der Waals surface area (Å²) < 4.78 is 0. The minimum atomic E-state index is 0.0154. The fourth-order valence-electron chi connectivity index (χ4n) is 4.38. The van der Waals surface area contributed by atoms with Crippen LogP contribution in [0.15, 0.2) is 29.4 Å². The highest BCUT2D eigenvalue weighted by molar-refractivity contribution is 8.26. The summed E-state index contributed by atoms with van der Waals surface area (Å²) in [7, 11) is 3.69. The quantitative estimate of drug-likeness (QED) is 0.426. The minimum absolute atomic E-state index is 0.0154. The molecule has 1 aliphatic rings. The van der Waals surface area contributed by atoms with Crippen LogP contribution >= 0.6 is 11.8 Å². The molecule has 1 fully saturated rings. The molecule has 0 radical (unpaired) electrons. The Morgan fingerprint density at radius 1 is 1.23 bits per heavy atom. The molecule has 1 aliphatic heterocycles. The van der Waals surface area contributed by atoms with Crippen LogP contribution in [0.2, 0.25) is 0 Å². The average molecular weight is 429 g/mol. The zero-order valence-corrected chi connectivity index (χ0v) is 20.1. The summed E-state index contributed by atoms with van der Waals surface area (Å²) >= 11 is 1.21. The second-order valence-electron chi connectivity index (χ2n) is 9.34. The number of hydrogen-bond donors (Lipinski definition) is 4. The van der Waals surface area contributed by atoms with Gasteiger partial charge in [-0.3, -0.25) is 15.8 Å². The Hall–Kier alpha value is -2.12. The summed E-state index contributed by atoms with van der Waals surface area (Å²) in [6, 6.07) is 6.15. The van der Waals surface area contributed by atoms with Gasteiger partial charge in [0.1, 0.15) is 5.04 Å². The molecule has 0 atom stereocenters. The zero-order valence-electron chi connectivity index (χ0n) is 19.3. The molecule has 2 rings (SSSR count). The molecule has 0 unspecified atom stereocenters. The molecule has 1 saturated heterocycles. The van der Waals surface area contributed by atoms with Crippen molar-refractivity contribution in [3.8, 4) is 0 Å². The van der Waals surface area contributed by atoms with E-state index in [1.807, 2.05) is 37.1 Å². The molecule has 0 aliphatic carbocycles. The topological polar surface area (TPSA) is 101 Å². The van der Waals surface area contributed by atoms with Gasteiger partial charge in [-0.2, -0.15) is 0 Å². The maximum atomic E-state index is 8.62. The summed E-state index contributed by atoms with van der Waals surface area (Å²) in [5, 5.41) is 21.7. The maximum Gasteiger partial charge on any atom is 0.162 e. The van der Waals surface area contributed by atoms with Gasteiger partial charge in [0.2, 0.25) is 0 Å². The predicted molar refractivity (Wildman–Crippen MR) is 132 cm³/mol. The number of allylic oxidation sites excluding steroid dienone is 1. The van der Waals surface area contributed by atoms with Crippen LogP contribution in [0, 0.1) is 17.7 Å². The number of aryl methyl sites for hydroxylation is 1. The maximum absolute atomic E-state index is 8.62. The van der Waals surface area contributed by atoms with Gasteiger partial charge in [0, 0.05) is 54.8 Å². The number of amidine groups is 1. The first-order valence-corrected chi connectivity index (χ1v) is 11.0. The smallest absolute Gasteiger partial charge is 0.162 e. The fraction of sp³-hybridized carbons (Fsp3) is 0.522. The molecule has 30 heavy (non-hydrogen) atoms. The number of piperidine rings is 1. The van der Waals surface area contributed by atoms with Crippen LogP contribution in [-0.2, 0) is 0 Å². The van der Waals surface area contributed by atoms with Gasteiger partial charge in [0.15, 0.2) is 5.17 Å². The van der Waals surface area contributed by atoms with Crippen molar-refractivity contribution >= 4 is 33.8 Å². The molecule has 0 saturated carbocycles. The SMILES string of the molecule is CN=CC(=CN)c1ccc(C(=N)SC(=N)N(C)C2CC(C)(C)NC(C)(C)C2)c(C)c1. The predicted octanol–water partition coefficient (Wildman–Crippen LogP) is 4.23. The molecule has 6 nitrogen and oxygen atoms in total. The molecule has 7 heteroatoms. The number of nitrogens with two attached hydrogens (primary N) is 1. The van der Waals surface area contributed by atoms with Crippen molar-refractivity contribution in [2.75, 3.05) is 14.1 Å². The van der Waals surface area contributed by atoms with Crippen LogP contribution < -0.4 is 11.1 Å². The van der Waals surface area contributed by atoms with Gasteiger partial charge in [-0.1, -0.05) is 18.2 Å². The number of thioether (sulfide) groups is 1. The third-order valence-electron chi connectivity index (χ3n) is 5.49. The van der Waals surface area contributed by atoms with E-state index in [1.54, 1.807) is 13.3 Å². The highest BCUT2D eigenvalue weighted by Gasteiger charge is 2.39. The molecular weight excluding hydrogens is 392 g/mol. The number of hydrogen-bond acceptors (Lipinski definition) is 6. The van der Waals surface area contributed by atoms with Crippen LogP contribution in [0.25, 0.3) is 5.57 Å². The number of nitrogens with one attached hydrogen (secondary N) is 3. The Morgan fingerprint density at radius 3 is 2.33 bits per heavy atom. The minimum Gasteiger partial charge on any atom is -0.404 e. The fourth-order valence-corrected chi connectivity index (χ4v) is 5.21. The normalized spacial score (nSPS) is 19.1. The number of benzene rings is 1. The molecule has 0 aromatic heterocycles. The molecule has 0 bridgehead atoms. The van der Waals surface area contributed by atoms with Crippen LogP contribution in [-0.4, -0.2) is 52.5 Å². The first kappa shape index (κ1) is 24.2. The van der Waals surface area contributed by atoms with E-state index in [4.69, 9.17) is 16.6 Å².